The van der Waals surface area contributed by atoms with E-state index in [0.29, 0.717) is 11.4 Å². The largest absolute Gasteiger partial charge is 0.473 e. The predicted octanol–water partition coefficient (Wildman–Crippen LogP) is 2.29. The summed E-state index contributed by atoms with van der Waals surface area (Å²) in [4.78, 5) is 18.9. The number of amides is 1. The quantitative estimate of drug-likeness (QED) is 0.763. The van der Waals surface area contributed by atoms with Crippen LogP contribution in [0.5, 0.6) is 5.88 Å². The molecule has 0 aliphatic carbocycles. The van der Waals surface area contributed by atoms with E-state index in [0.717, 1.165) is 36.1 Å². The van der Waals surface area contributed by atoms with E-state index in [-0.39, 0.29) is 12.0 Å². The molecule has 25 heavy (non-hydrogen) atoms. The first kappa shape index (κ1) is 15.6. The van der Waals surface area contributed by atoms with E-state index in [1.54, 1.807) is 24.5 Å². The van der Waals surface area contributed by atoms with E-state index in [1.807, 2.05) is 18.2 Å². The number of likely N-dealkylation sites (N-methyl/N-ethyl adjacent to an activating group) is 1. The molecule has 1 fully saturated rings. The predicted molar refractivity (Wildman–Crippen MR) is 94.8 cm³/mol. The lowest BCUT2D eigenvalue weighted by molar-refractivity contribution is 0.102. The van der Waals surface area contributed by atoms with Crippen LogP contribution in [0.25, 0.3) is 10.9 Å². The topological polar surface area (TPSA) is 83.1 Å². The number of carbonyl (C=O) groups excluding carboxylic acids is 1. The third kappa shape index (κ3) is 3.46. The molecule has 0 unspecified atom stereocenters. The second-order valence-corrected chi connectivity index (χ2v) is 6.30. The van der Waals surface area contributed by atoms with Crippen LogP contribution < -0.4 is 10.1 Å². The van der Waals surface area contributed by atoms with Gasteiger partial charge in [-0.3, -0.25) is 9.89 Å². The molecular weight excluding hydrogens is 318 g/mol. The van der Waals surface area contributed by atoms with Gasteiger partial charge in [0.1, 0.15) is 6.10 Å². The summed E-state index contributed by atoms with van der Waals surface area (Å²) in [5.74, 6) is 0.289. The standard InChI is InChI=1S/C18H19N5O2/c1-23-7-5-15(11-23)25-17-9-12(4-6-19-17)18(24)21-14-2-3-16-13(8-14)10-20-22-16/h2-4,6,8-10,15H,5,7,11H2,1H3,(H,20,22)(H,21,24)/t15-/m1/s1. The number of hydrogen-bond acceptors (Lipinski definition) is 5. The van der Waals surface area contributed by atoms with Crippen molar-refractivity contribution in [3.63, 3.8) is 0 Å². The second kappa shape index (κ2) is 6.52. The molecule has 128 valence electrons. The smallest absolute Gasteiger partial charge is 0.255 e. The second-order valence-electron chi connectivity index (χ2n) is 6.30. The lowest BCUT2D eigenvalue weighted by atomic mass is 10.2. The van der Waals surface area contributed by atoms with Crippen molar-refractivity contribution in [2.45, 2.75) is 12.5 Å². The molecule has 2 N–H and O–H groups in total. The highest BCUT2D eigenvalue weighted by molar-refractivity contribution is 6.05. The minimum absolute atomic E-state index is 0.124. The molecule has 1 saturated heterocycles. The molecule has 0 spiro atoms. The Morgan fingerprint density at radius 1 is 1.36 bits per heavy atom. The summed E-state index contributed by atoms with van der Waals surface area (Å²) in [6, 6.07) is 8.97. The summed E-state index contributed by atoms with van der Waals surface area (Å²) in [6.45, 7) is 1.89. The van der Waals surface area contributed by atoms with Gasteiger partial charge in [0.25, 0.3) is 5.91 Å². The highest BCUT2D eigenvalue weighted by Crippen LogP contribution is 2.19. The Labute approximate surface area is 145 Å². The van der Waals surface area contributed by atoms with Crippen molar-refractivity contribution in [1.29, 1.82) is 0 Å². The number of benzene rings is 1. The summed E-state index contributed by atoms with van der Waals surface area (Å²) < 4.78 is 5.89. The number of nitrogens with one attached hydrogen (secondary N) is 2. The minimum atomic E-state index is -0.196. The Morgan fingerprint density at radius 2 is 2.28 bits per heavy atom. The molecule has 7 heteroatoms. The van der Waals surface area contributed by atoms with Gasteiger partial charge in [-0.15, -0.1) is 0 Å². The maximum absolute atomic E-state index is 12.5. The fourth-order valence-corrected chi connectivity index (χ4v) is 3.00. The Bertz CT molecular complexity index is 907. The number of carbonyl (C=O) groups is 1. The summed E-state index contributed by atoms with van der Waals surface area (Å²) in [6.07, 6.45) is 4.42. The Kier molecular flexibility index (Phi) is 4.07. The lowest BCUT2D eigenvalue weighted by Crippen LogP contribution is -2.22. The van der Waals surface area contributed by atoms with Gasteiger partial charge in [0.15, 0.2) is 0 Å². The van der Waals surface area contributed by atoms with Crippen molar-refractivity contribution in [1.82, 2.24) is 20.1 Å². The van der Waals surface area contributed by atoms with E-state index in [4.69, 9.17) is 4.74 Å². The first-order valence-corrected chi connectivity index (χ1v) is 8.23. The molecule has 3 heterocycles. The van der Waals surface area contributed by atoms with Gasteiger partial charge in [0.05, 0.1) is 11.7 Å². The maximum Gasteiger partial charge on any atom is 0.255 e. The fraction of sp³-hybridized carbons (Fsp3) is 0.278. The average Bonchev–Trinajstić information content (AvgIpc) is 3.23. The van der Waals surface area contributed by atoms with Gasteiger partial charge < -0.3 is 15.0 Å². The monoisotopic (exact) mass is 337 g/mol. The molecule has 1 aromatic carbocycles. The van der Waals surface area contributed by atoms with E-state index < -0.39 is 0 Å². The zero-order valence-electron chi connectivity index (χ0n) is 13.9. The molecule has 0 radical (unpaired) electrons. The Morgan fingerprint density at radius 3 is 3.12 bits per heavy atom. The number of ether oxygens (including phenoxy) is 1. The van der Waals surface area contributed by atoms with Gasteiger partial charge in [-0.05, 0) is 37.7 Å². The molecule has 0 bridgehead atoms. The third-order valence-corrected chi connectivity index (χ3v) is 4.33. The SMILES string of the molecule is CN1CC[C@@H](Oc2cc(C(=O)Nc3ccc4[nH]ncc4c3)ccn2)C1. The van der Waals surface area contributed by atoms with Crippen LogP contribution in [0.1, 0.15) is 16.8 Å². The molecule has 7 nitrogen and oxygen atoms in total. The zero-order valence-corrected chi connectivity index (χ0v) is 13.9. The van der Waals surface area contributed by atoms with Crippen molar-refractivity contribution < 1.29 is 9.53 Å². The summed E-state index contributed by atoms with van der Waals surface area (Å²) in [5.41, 5.74) is 2.17. The first-order valence-electron chi connectivity index (χ1n) is 8.23. The van der Waals surface area contributed by atoms with Gasteiger partial charge in [-0.1, -0.05) is 0 Å². The average molecular weight is 337 g/mol. The highest BCUT2D eigenvalue weighted by atomic mass is 16.5. The van der Waals surface area contributed by atoms with Crippen molar-refractivity contribution in [2.24, 2.45) is 0 Å². The van der Waals surface area contributed by atoms with E-state index in [2.05, 4.69) is 32.4 Å². The number of aromatic amines is 1. The number of pyridine rings is 1. The number of nitrogens with zero attached hydrogens (tertiary/aromatic N) is 3. The molecule has 0 saturated carbocycles. The molecule has 1 aliphatic rings. The first-order chi connectivity index (χ1) is 12.2. The van der Waals surface area contributed by atoms with Crippen molar-refractivity contribution in [3.8, 4) is 5.88 Å². The molecule has 3 aromatic rings. The van der Waals surface area contributed by atoms with Gasteiger partial charge in [-0.25, -0.2) is 4.98 Å². The number of anilines is 1. The molecule has 1 atom stereocenters. The van der Waals surface area contributed by atoms with Crippen LogP contribution >= 0.6 is 0 Å². The summed E-state index contributed by atoms with van der Waals surface area (Å²) in [7, 11) is 2.07. The minimum Gasteiger partial charge on any atom is -0.473 e. The molecular formula is C18H19N5O2. The number of H-pyrrole nitrogens is 1. The Balaban J connectivity index is 1.46. The lowest BCUT2D eigenvalue weighted by Gasteiger charge is -2.13. The molecule has 1 aliphatic heterocycles. The zero-order chi connectivity index (χ0) is 17.2. The summed E-state index contributed by atoms with van der Waals surface area (Å²) >= 11 is 0. The van der Waals surface area contributed by atoms with Crippen LogP contribution in [0.2, 0.25) is 0 Å². The van der Waals surface area contributed by atoms with Gasteiger partial charge in [0.2, 0.25) is 5.88 Å². The highest BCUT2D eigenvalue weighted by Gasteiger charge is 2.21. The van der Waals surface area contributed by atoms with E-state index in [9.17, 15) is 4.79 Å². The number of hydrogen-bond donors (Lipinski definition) is 2. The van der Waals surface area contributed by atoms with Crippen LogP contribution in [0, 0.1) is 0 Å². The van der Waals surface area contributed by atoms with Gasteiger partial charge in [-0.2, -0.15) is 5.10 Å². The number of rotatable bonds is 4. The van der Waals surface area contributed by atoms with Crippen LogP contribution in [-0.4, -0.2) is 52.2 Å². The van der Waals surface area contributed by atoms with Crippen molar-refractivity contribution in [3.05, 3.63) is 48.3 Å². The normalized spacial score (nSPS) is 17.7. The number of fused-ring (bicyclic) bond motifs is 1. The summed E-state index contributed by atoms with van der Waals surface area (Å²) in [5, 5.41) is 10.7. The molecule has 2 aromatic heterocycles. The van der Waals surface area contributed by atoms with Crippen molar-refractivity contribution in [2.75, 3.05) is 25.5 Å². The van der Waals surface area contributed by atoms with Crippen LogP contribution in [-0.2, 0) is 0 Å². The van der Waals surface area contributed by atoms with Crippen LogP contribution in [0.3, 0.4) is 0 Å². The van der Waals surface area contributed by atoms with E-state index >= 15 is 0 Å². The van der Waals surface area contributed by atoms with Gasteiger partial charge in [0, 0.05) is 42.0 Å². The number of aromatic nitrogens is 3. The molecule has 1 amide bonds. The molecule has 4 rings (SSSR count). The maximum atomic E-state index is 12.5. The Hall–Kier alpha value is -2.93. The van der Waals surface area contributed by atoms with E-state index in [1.165, 1.54) is 0 Å². The fourth-order valence-electron chi connectivity index (χ4n) is 3.00. The van der Waals surface area contributed by atoms with Crippen LogP contribution in [0.4, 0.5) is 5.69 Å². The van der Waals surface area contributed by atoms with Gasteiger partial charge >= 0.3 is 0 Å². The van der Waals surface area contributed by atoms with Crippen molar-refractivity contribution >= 4 is 22.5 Å². The number of likely N-dealkylation sites (tertiary alicyclic amines) is 1. The van der Waals surface area contributed by atoms with Crippen LogP contribution in [0.15, 0.2) is 42.7 Å². The third-order valence-electron chi connectivity index (χ3n) is 4.33.